The Labute approximate surface area is 157 Å². The smallest absolute Gasteiger partial charge is 0.295 e. The lowest BCUT2D eigenvalue weighted by molar-refractivity contribution is -0.384. The summed E-state index contributed by atoms with van der Waals surface area (Å²) in [7, 11) is 0. The van der Waals surface area contributed by atoms with Gasteiger partial charge >= 0.3 is 0 Å². The highest BCUT2D eigenvalue weighted by Gasteiger charge is 2.34. The van der Waals surface area contributed by atoms with Crippen molar-refractivity contribution in [1.82, 2.24) is 4.90 Å². The Kier molecular flexibility index (Phi) is 5.24. The number of halogens is 1. The van der Waals surface area contributed by atoms with Crippen LogP contribution in [0.3, 0.4) is 0 Å². The number of carbonyl (C=O) groups excluding carboxylic acids is 2. The van der Waals surface area contributed by atoms with Gasteiger partial charge in [0.25, 0.3) is 16.8 Å². The van der Waals surface area contributed by atoms with Crippen LogP contribution in [0.25, 0.3) is 6.08 Å². The second-order valence-electron chi connectivity index (χ2n) is 5.30. The number of nitrogens with one attached hydrogen (secondary N) is 1. The third-order valence-electron chi connectivity index (χ3n) is 3.54. The zero-order chi connectivity index (χ0) is 18.7. The van der Waals surface area contributed by atoms with Gasteiger partial charge in [-0.1, -0.05) is 29.8 Å². The van der Waals surface area contributed by atoms with Gasteiger partial charge in [-0.25, -0.2) is 0 Å². The summed E-state index contributed by atoms with van der Waals surface area (Å²) >= 11 is 6.67. The van der Waals surface area contributed by atoms with Gasteiger partial charge in [-0.2, -0.15) is 0 Å². The number of rotatable bonds is 5. The molecule has 0 spiro atoms. The molecule has 1 aliphatic heterocycles. The van der Waals surface area contributed by atoms with Crippen molar-refractivity contribution in [2.75, 3.05) is 12.0 Å². The van der Waals surface area contributed by atoms with E-state index in [1.165, 1.54) is 18.2 Å². The molecule has 9 heteroatoms. The molecule has 26 heavy (non-hydrogen) atoms. The number of imide groups is 1. The third-order valence-corrected chi connectivity index (χ3v) is 4.70. The van der Waals surface area contributed by atoms with E-state index in [-0.39, 0.29) is 12.4 Å². The van der Waals surface area contributed by atoms with Crippen molar-refractivity contribution in [1.29, 1.82) is 0 Å². The Hall–Kier alpha value is -2.84. The Morgan fingerprint density at radius 1 is 1.19 bits per heavy atom. The van der Waals surface area contributed by atoms with Crippen molar-refractivity contribution in [2.45, 2.75) is 0 Å². The molecule has 132 valence electrons. The van der Waals surface area contributed by atoms with Crippen molar-refractivity contribution >= 4 is 52.0 Å². The molecule has 0 bridgehead atoms. The van der Waals surface area contributed by atoms with Crippen molar-refractivity contribution in [3.05, 3.63) is 74.1 Å². The van der Waals surface area contributed by atoms with E-state index in [4.69, 9.17) is 11.6 Å². The van der Waals surface area contributed by atoms with E-state index in [0.29, 0.717) is 15.6 Å². The van der Waals surface area contributed by atoms with Crippen LogP contribution in [-0.2, 0) is 4.79 Å². The lowest BCUT2D eigenvalue weighted by Gasteiger charge is -2.14. The van der Waals surface area contributed by atoms with Crippen molar-refractivity contribution in [2.24, 2.45) is 0 Å². The molecular formula is C17H12ClN3O4S. The topological polar surface area (TPSA) is 92.6 Å². The molecule has 1 saturated heterocycles. The molecule has 1 heterocycles. The minimum Gasteiger partial charge on any atom is -0.367 e. The van der Waals surface area contributed by atoms with Crippen LogP contribution in [0.2, 0.25) is 5.02 Å². The van der Waals surface area contributed by atoms with Gasteiger partial charge in [0.05, 0.1) is 16.5 Å². The average Bonchev–Trinajstić information content (AvgIpc) is 2.89. The summed E-state index contributed by atoms with van der Waals surface area (Å²) in [6.45, 7) is -0.0796. The minimum atomic E-state index is -0.514. The van der Waals surface area contributed by atoms with E-state index in [9.17, 15) is 19.7 Å². The van der Waals surface area contributed by atoms with Gasteiger partial charge in [-0.3, -0.25) is 24.6 Å². The third kappa shape index (κ3) is 4.04. The van der Waals surface area contributed by atoms with Crippen LogP contribution >= 0.6 is 23.4 Å². The summed E-state index contributed by atoms with van der Waals surface area (Å²) < 4.78 is 0. The second kappa shape index (κ2) is 7.59. The van der Waals surface area contributed by atoms with Crippen LogP contribution in [0.1, 0.15) is 5.56 Å². The van der Waals surface area contributed by atoms with Crippen LogP contribution in [0.15, 0.2) is 53.4 Å². The predicted octanol–water partition coefficient (Wildman–Crippen LogP) is 4.35. The summed E-state index contributed by atoms with van der Waals surface area (Å²) in [5.74, 6) is -0.423. The summed E-state index contributed by atoms with van der Waals surface area (Å²) in [5, 5.41) is 13.8. The molecule has 1 fully saturated rings. The van der Waals surface area contributed by atoms with E-state index >= 15 is 0 Å². The van der Waals surface area contributed by atoms with E-state index in [1.54, 1.807) is 36.4 Å². The first kappa shape index (κ1) is 18.0. The number of amides is 2. The fourth-order valence-corrected chi connectivity index (χ4v) is 3.21. The molecule has 0 saturated carbocycles. The molecule has 0 aromatic heterocycles. The number of thioether (sulfide) groups is 1. The van der Waals surface area contributed by atoms with Gasteiger partial charge in [0.1, 0.15) is 0 Å². The zero-order valence-electron chi connectivity index (χ0n) is 13.2. The van der Waals surface area contributed by atoms with Gasteiger partial charge in [-0.05, 0) is 41.6 Å². The van der Waals surface area contributed by atoms with Crippen LogP contribution in [0, 0.1) is 10.1 Å². The van der Waals surface area contributed by atoms with Gasteiger partial charge < -0.3 is 5.32 Å². The minimum absolute atomic E-state index is 0.0771. The quantitative estimate of drug-likeness (QED) is 0.464. The fourth-order valence-electron chi connectivity index (χ4n) is 2.25. The van der Waals surface area contributed by atoms with Crippen LogP contribution < -0.4 is 5.32 Å². The molecule has 1 N–H and O–H groups in total. The van der Waals surface area contributed by atoms with Gasteiger partial charge in [0, 0.05) is 22.8 Å². The van der Waals surface area contributed by atoms with E-state index in [0.717, 1.165) is 22.2 Å². The Morgan fingerprint density at radius 3 is 2.62 bits per heavy atom. The molecule has 0 unspecified atom stereocenters. The summed E-state index contributed by atoms with van der Waals surface area (Å²) in [4.78, 5) is 36.2. The van der Waals surface area contributed by atoms with E-state index < -0.39 is 16.1 Å². The van der Waals surface area contributed by atoms with Crippen LogP contribution in [-0.4, -0.2) is 27.6 Å². The molecule has 0 radical (unpaired) electrons. The van der Waals surface area contributed by atoms with Crippen molar-refractivity contribution in [3.63, 3.8) is 0 Å². The molecule has 3 rings (SSSR count). The maximum Gasteiger partial charge on any atom is 0.295 e. The summed E-state index contributed by atoms with van der Waals surface area (Å²) in [5.41, 5.74) is 1.12. The van der Waals surface area contributed by atoms with Crippen molar-refractivity contribution in [3.8, 4) is 0 Å². The number of hydrogen-bond acceptors (Lipinski definition) is 6. The van der Waals surface area contributed by atoms with Crippen molar-refractivity contribution < 1.29 is 14.5 Å². The van der Waals surface area contributed by atoms with Gasteiger partial charge in [-0.15, -0.1) is 0 Å². The molecule has 1 aliphatic rings. The van der Waals surface area contributed by atoms with E-state index in [1.807, 2.05) is 0 Å². The van der Waals surface area contributed by atoms with Crippen LogP contribution in [0.5, 0.6) is 0 Å². The molecule has 2 amide bonds. The van der Waals surface area contributed by atoms with Gasteiger partial charge in [0.2, 0.25) is 0 Å². The predicted molar refractivity (Wildman–Crippen MR) is 101 cm³/mol. The Bertz CT molecular complexity index is 914. The Morgan fingerprint density at radius 2 is 1.92 bits per heavy atom. The number of nitro benzene ring substituents is 1. The number of anilines is 1. The first-order chi connectivity index (χ1) is 12.4. The highest BCUT2D eigenvalue weighted by atomic mass is 35.5. The molecule has 0 atom stereocenters. The highest BCUT2D eigenvalue weighted by molar-refractivity contribution is 8.18. The molecule has 2 aromatic carbocycles. The standard InChI is InChI=1S/C17H12ClN3O4S/c18-12-6-4-11(5-7-12)8-15-16(22)20(17(23)26-15)10-19-13-2-1-3-14(9-13)21(24)25/h1-9,19H,10H2/b15-8-. The highest BCUT2D eigenvalue weighted by Crippen LogP contribution is 2.32. The summed E-state index contributed by atoms with van der Waals surface area (Å²) in [6.07, 6.45) is 1.62. The number of hydrogen-bond donors (Lipinski definition) is 1. The monoisotopic (exact) mass is 389 g/mol. The van der Waals surface area contributed by atoms with Gasteiger partial charge in [0.15, 0.2) is 0 Å². The summed E-state index contributed by atoms with van der Waals surface area (Å²) in [6, 6.07) is 12.7. The number of non-ortho nitro benzene ring substituents is 1. The molecule has 7 nitrogen and oxygen atoms in total. The first-order valence-corrected chi connectivity index (χ1v) is 8.63. The number of carbonyl (C=O) groups is 2. The number of nitrogens with zero attached hydrogens (tertiary/aromatic N) is 2. The zero-order valence-corrected chi connectivity index (χ0v) is 14.8. The number of benzene rings is 2. The Balaban J connectivity index is 1.70. The normalized spacial score (nSPS) is 15.6. The molecular weight excluding hydrogens is 378 g/mol. The largest absolute Gasteiger partial charge is 0.367 e. The second-order valence-corrected chi connectivity index (χ2v) is 6.73. The average molecular weight is 390 g/mol. The lowest BCUT2D eigenvalue weighted by atomic mass is 10.2. The van der Waals surface area contributed by atoms with Crippen LogP contribution in [0.4, 0.5) is 16.2 Å². The molecule has 2 aromatic rings. The molecule has 0 aliphatic carbocycles. The van der Waals surface area contributed by atoms with E-state index in [2.05, 4.69) is 5.32 Å². The lowest BCUT2D eigenvalue weighted by Crippen LogP contribution is -2.33. The maximum absolute atomic E-state index is 12.4. The SMILES string of the molecule is O=C1S/C(=C\c2ccc(Cl)cc2)C(=O)N1CNc1cccc([N+](=O)[O-])c1. The number of nitro groups is 1. The maximum atomic E-state index is 12.4. The first-order valence-electron chi connectivity index (χ1n) is 7.43. The fraction of sp³-hybridized carbons (Fsp3) is 0.0588.